The number of aromatic nitrogens is 3. The SMILES string of the molecule is Cc1c(C(=O)OCC(=O)c2c(-c3ccccc3)[nH]c3ccccc23)sc2nc3n(c(=O)c12)CCC3. The van der Waals surface area contributed by atoms with Gasteiger partial charge in [0.05, 0.1) is 16.6 Å². The van der Waals surface area contributed by atoms with Crippen LogP contribution in [-0.4, -0.2) is 32.9 Å². The number of fused-ring (bicyclic) bond motifs is 3. The predicted octanol–water partition coefficient (Wildman–Crippen LogP) is 4.90. The second-order valence-electron chi connectivity index (χ2n) is 8.61. The second kappa shape index (κ2) is 8.32. The van der Waals surface area contributed by atoms with Gasteiger partial charge in [0.25, 0.3) is 5.56 Å². The summed E-state index contributed by atoms with van der Waals surface area (Å²) in [6.45, 7) is 1.97. The summed E-state index contributed by atoms with van der Waals surface area (Å²) in [5.74, 6) is -0.165. The first-order valence-corrected chi connectivity index (χ1v) is 12.2. The molecule has 174 valence electrons. The molecular formula is C27H21N3O4S. The van der Waals surface area contributed by atoms with Crippen LogP contribution < -0.4 is 5.56 Å². The molecule has 1 N–H and O–H groups in total. The first-order valence-electron chi connectivity index (χ1n) is 11.4. The molecule has 0 unspecified atom stereocenters. The summed E-state index contributed by atoms with van der Waals surface area (Å²) in [4.78, 5) is 48.0. The van der Waals surface area contributed by atoms with Crippen LogP contribution in [-0.2, 0) is 17.7 Å². The minimum absolute atomic E-state index is 0.113. The Morgan fingerprint density at radius 2 is 1.89 bits per heavy atom. The number of nitrogens with one attached hydrogen (secondary N) is 1. The van der Waals surface area contributed by atoms with Crippen molar-refractivity contribution < 1.29 is 14.3 Å². The van der Waals surface area contributed by atoms with E-state index in [1.807, 2.05) is 54.6 Å². The molecule has 0 spiro atoms. The Kier molecular flexibility index (Phi) is 5.11. The van der Waals surface area contributed by atoms with Gasteiger partial charge in [-0.05, 0) is 30.5 Å². The zero-order valence-corrected chi connectivity index (χ0v) is 19.8. The number of carbonyl (C=O) groups is 2. The topological polar surface area (TPSA) is 94.1 Å². The fraction of sp³-hybridized carbons (Fsp3) is 0.185. The van der Waals surface area contributed by atoms with E-state index < -0.39 is 12.6 Å². The summed E-state index contributed by atoms with van der Waals surface area (Å²) >= 11 is 1.15. The number of nitrogens with zero attached hydrogens (tertiary/aromatic N) is 2. The lowest BCUT2D eigenvalue weighted by Crippen LogP contribution is -2.20. The Balaban J connectivity index is 1.31. The third-order valence-corrected chi connectivity index (χ3v) is 7.64. The number of esters is 1. The van der Waals surface area contributed by atoms with Crippen molar-refractivity contribution in [3.05, 3.63) is 86.8 Å². The summed E-state index contributed by atoms with van der Waals surface area (Å²) in [6.07, 6.45) is 1.65. The van der Waals surface area contributed by atoms with E-state index in [-0.39, 0.29) is 11.3 Å². The molecule has 0 fully saturated rings. The highest BCUT2D eigenvalue weighted by Crippen LogP contribution is 2.32. The summed E-state index contributed by atoms with van der Waals surface area (Å²) in [7, 11) is 0. The molecule has 5 aromatic rings. The molecular weight excluding hydrogens is 462 g/mol. The Labute approximate surface area is 204 Å². The molecule has 1 aliphatic heterocycles. The molecule has 4 heterocycles. The van der Waals surface area contributed by atoms with Crippen molar-refractivity contribution in [2.75, 3.05) is 6.61 Å². The third kappa shape index (κ3) is 3.49. The van der Waals surface area contributed by atoms with Crippen molar-refractivity contribution in [3.8, 4) is 11.3 Å². The maximum absolute atomic E-state index is 13.3. The maximum Gasteiger partial charge on any atom is 0.349 e. The zero-order valence-electron chi connectivity index (χ0n) is 19.0. The van der Waals surface area contributed by atoms with Crippen LogP contribution in [0, 0.1) is 6.92 Å². The first kappa shape index (κ1) is 21.5. The minimum atomic E-state index is -0.621. The summed E-state index contributed by atoms with van der Waals surface area (Å²) in [5.41, 5.74) is 3.33. The van der Waals surface area contributed by atoms with Gasteiger partial charge in [0, 0.05) is 23.9 Å². The van der Waals surface area contributed by atoms with Crippen LogP contribution in [0.2, 0.25) is 0 Å². The third-order valence-electron chi connectivity index (χ3n) is 6.48. The number of para-hydroxylation sites is 1. The normalized spacial score (nSPS) is 12.8. The van der Waals surface area contributed by atoms with Gasteiger partial charge in [-0.2, -0.15) is 0 Å². The van der Waals surface area contributed by atoms with E-state index in [9.17, 15) is 14.4 Å². The van der Waals surface area contributed by atoms with Gasteiger partial charge in [-0.25, -0.2) is 9.78 Å². The van der Waals surface area contributed by atoms with Gasteiger partial charge in [-0.3, -0.25) is 14.2 Å². The van der Waals surface area contributed by atoms with Crippen molar-refractivity contribution in [2.24, 2.45) is 0 Å². The van der Waals surface area contributed by atoms with E-state index in [1.165, 1.54) is 0 Å². The Hall–Kier alpha value is -4.04. The molecule has 7 nitrogen and oxygen atoms in total. The van der Waals surface area contributed by atoms with Crippen molar-refractivity contribution in [3.63, 3.8) is 0 Å². The molecule has 8 heteroatoms. The fourth-order valence-corrected chi connectivity index (χ4v) is 5.88. The van der Waals surface area contributed by atoms with Crippen LogP contribution in [0.3, 0.4) is 0 Å². The van der Waals surface area contributed by atoms with Crippen LogP contribution >= 0.6 is 11.3 Å². The van der Waals surface area contributed by atoms with Gasteiger partial charge in [0.2, 0.25) is 5.78 Å². The number of Topliss-reactive ketones (excluding diaryl/α,β-unsaturated/α-hetero) is 1. The number of benzene rings is 2. The number of rotatable bonds is 5. The van der Waals surface area contributed by atoms with Gasteiger partial charge < -0.3 is 9.72 Å². The van der Waals surface area contributed by atoms with Gasteiger partial charge in [0.15, 0.2) is 6.61 Å². The fourth-order valence-electron chi connectivity index (χ4n) is 4.79. The molecule has 0 amide bonds. The van der Waals surface area contributed by atoms with Crippen molar-refractivity contribution in [2.45, 2.75) is 26.3 Å². The smallest absolute Gasteiger partial charge is 0.349 e. The van der Waals surface area contributed by atoms with Crippen LogP contribution in [0.5, 0.6) is 0 Å². The van der Waals surface area contributed by atoms with E-state index in [4.69, 9.17) is 4.74 Å². The van der Waals surface area contributed by atoms with E-state index in [0.717, 1.165) is 46.5 Å². The average molecular weight is 484 g/mol. The Bertz CT molecular complexity index is 1690. The first-order chi connectivity index (χ1) is 17.0. The van der Waals surface area contributed by atoms with Gasteiger partial charge >= 0.3 is 5.97 Å². The highest BCUT2D eigenvalue weighted by molar-refractivity contribution is 7.20. The molecule has 3 aromatic heterocycles. The monoisotopic (exact) mass is 483 g/mol. The van der Waals surface area contributed by atoms with Gasteiger partial charge in [-0.1, -0.05) is 48.5 Å². The zero-order chi connectivity index (χ0) is 24.1. The number of ether oxygens (including phenoxy) is 1. The van der Waals surface area contributed by atoms with Gasteiger partial charge in [0.1, 0.15) is 15.5 Å². The van der Waals surface area contributed by atoms with E-state index in [0.29, 0.717) is 38.5 Å². The number of H-pyrrole nitrogens is 1. The molecule has 6 rings (SSSR count). The van der Waals surface area contributed by atoms with Crippen LogP contribution in [0.25, 0.3) is 32.4 Å². The number of hydrogen-bond acceptors (Lipinski definition) is 6. The number of aryl methyl sites for hydroxylation is 2. The van der Waals surface area contributed by atoms with Crippen LogP contribution in [0.4, 0.5) is 0 Å². The minimum Gasteiger partial charge on any atom is -0.453 e. The lowest BCUT2D eigenvalue weighted by Gasteiger charge is -2.06. The molecule has 0 radical (unpaired) electrons. The quantitative estimate of drug-likeness (QED) is 0.283. The summed E-state index contributed by atoms with van der Waals surface area (Å²) in [5, 5.41) is 1.24. The Morgan fingerprint density at radius 3 is 2.71 bits per heavy atom. The van der Waals surface area contributed by atoms with E-state index in [1.54, 1.807) is 11.5 Å². The predicted molar refractivity (Wildman–Crippen MR) is 135 cm³/mol. The summed E-state index contributed by atoms with van der Waals surface area (Å²) in [6, 6.07) is 17.1. The van der Waals surface area contributed by atoms with Crippen molar-refractivity contribution >= 4 is 44.2 Å². The summed E-state index contributed by atoms with van der Waals surface area (Å²) < 4.78 is 7.16. The number of hydrogen-bond donors (Lipinski definition) is 1. The van der Waals surface area contributed by atoms with Crippen LogP contribution in [0.15, 0.2) is 59.4 Å². The molecule has 0 bridgehead atoms. The molecule has 0 atom stereocenters. The number of carbonyl (C=O) groups excluding carboxylic acids is 2. The van der Waals surface area contributed by atoms with Gasteiger partial charge in [-0.15, -0.1) is 11.3 Å². The number of ketones is 1. The highest BCUT2D eigenvalue weighted by Gasteiger charge is 2.26. The molecule has 35 heavy (non-hydrogen) atoms. The standard InChI is InChI=1S/C27H21N3O4S/c1-15-21-25(29-20-12-7-13-30(20)26(21)32)35-24(15)27(33)34-14-19(31)22-17-10-5-6-11-18(17)28-23(22)16-8-3-2-4-9-16/h2-6,8-11,28H,7,12-14H2,1H3. The van der Waals surface area contributed by atoms with E-state index in [2.05, 4.69) is 9.97 Å². The lowest BCUT2D eigenvalue weighted by atomic mass is 10.0. The molecule has 0 saturated heterocycles. The molecule has 0 aliphatic carbocycles. The van der Waals surface area contributed by atoms with E-state index >= 15 is 0 Å². The number of aromatic amines is 1. The maximum atomic E-state index is 13.3. The second-order valence-corrected chi connectivity index (χ2v) is 9.61. The van der Waals surface area contributed by atoms with Crippen molar-refractivity contribution in [1.29, 1.82) is 0 Å². The highest BCUT2D eigenvalue weighted by atomic mass is 32.1. The Morgan fingerprint density at radius 1 is 1.11 bits per heavy atom. The lowest BCUT2D eigenvalue weighted by molar-refractivity contribution is 0.0479. The largest absolute Gasteiger partial charge is 0.453 e. The average Bonchev–Trinajstić information content (AvgIpc) is 3.59. The van der Waals surface area contributed by atoms with Crippen LogP contribution in [0.1, 0.15) is 37.8 Å². The number of thiophene rings is 1. The molecule has 0 saturated carbocycles. The molecule has 1 aliphatic rings. The molecule has 2 aromatic carbocycles. The van der Waals surface area contributed by atoms with Crippen molar-refractivity contribution in [1.82, 2.24) is 14.5 Å².